The van der Waals surface area contributed by atoms with Gasteiger partial charge in [0.05, 0.1) is 0 Å². The number of benzene rings is 1. The van der Waals surface area contributed by atoms with E-state index in [0.29, 0.717) is 16.1 Å². The summed E-state index contributed by atoms with van der Waals surface area (Å²) in [5.74, 6) is -0.0728. The van der Waals surface area contributed by atoms with Gasteiger partial charge in [0, 0.05) is 0 Å². The summed E-state index contributed by atoms with van der Waals surface area (Å²) >= 11 is 7.26. The second-order valence-corrected chi connectivity index (χ2v) is 14.6. The van der Waals surface area contributed by atoms with Gasteiger partial charge in [-0.05, 0) is 0 Å². The minimum absolute atomic E-state index is 0.0156. The first-order valence-electron chi connectivity index (χ1n) is 12.1. The molecule has 206 valence electrons. The Labute approximate surface area is 242 Å². The summed E-state index contributed by atoms with van der Waals surface area (Å²) in [7, 11) is -2.66. The molecule has 0 saturated heterocycles. The van der Waals surface area contributed by atoms with Crippen LogP contribution in [0.3, 0.4) is 0 Å². The molecule has 3 aromatic rings. The molecule has 13 heteroatoms. The van der Waals surface area contributed by atoms with Gasteiger partial charge in [-0.25, -0.2) is 0 Å². The van der Waals surface area contributed by atoms with Crippen molar-refractivity contribution in [3.05, 3.63) is 47.2 Å². The van der Waals surface area contributed by atoms with Crippen LogP contribution in [0.5, 0.6) is 5.88 Å². The van der Waals surface area contributed by atoms with Gasteiger partial charge in [-0.15, -0.1) is 0 Å². The normalized spacial score (nSPS) is 17.7. The fraction of sp³-hybridized carbons (Fsp3) is 0.400. The number of nitrogens with zero attached hydrogens (tertiary/aromatic N) is 2. The van der Waals surface area contributed by atoms with Gasteiger partial charge in [-0.1, -0.05) is 6.07 Å². The fourth-order valence-electron chi connectivity index (χ4n) is 4.13. The number of sulfonamides is 1. The van der Waals surface area contributed by atoms with Gasteiger partial charge in [0.15, 0.2) is 0 Å². The molecular formula is C25H29ClIN4O5S2-. The zero-order valence-electron chi connectivity index (χ0n) is 21.2. The summed E-state index contributed by atoms with van der Waals surface area (Å²) in [5, 5.41) is 1.08. The predicted molar refractivity (Wildman–Crippen MR) is 145 cm³/mol. The molecule has 2 aromatic heterocycles. The molecule has 0 spiro atoms. The molecule has 1 saturated carbocycles. The first-order valence-corrected chi connectivity index (χ1v) is 17.1. The number of alkyl halides is 1. The summed E-state index contributed by atoms with van der Waals surface area (Å²) in [5.41, 5.74) is 1.67. The molecule has 1 fully saturated rings. The number of ether oxygens (including phenoxy) is 2. The van der Waals surface area contributed by atoms with Gasteiger partial charge >= 0.3 is 238 Å². The number of aromatic nitrogens is 2. The third-order valence-corrected chi connectivity index (χ3v) is 12.2. The molecule has 1 aliphatic rings. The number of carbonyl (C=O) groups excluding carboxylic acids is 1. The third-order valence-electron chi connectivity index (χ3n) is 6.04. The van der Waals surface area contributed by atoms with Crippen LogP contribution in [-0.2, 0) is 19.6 Å². The molecule has 2 N–H and O–H groups in total. The number of rotatable bonds is 10. The van der Waals surface area contributed by atoms with Gasteiger partial charge in [-0.2, -0.15) is 0 Å². The Kier molecular flexibility index (Phi) is 9.71. The average molecular weight is 692 g/mol. The van der Waals surface area contributed by atoms with E-state index in [-0.39, 0.29) is 54.9 Å². The average Bonchev–Trinajstić information content (AvgIpc) is 3.29. The maximum atomic E-state index is 13.2. The van der Waals surface area contributed by atoms with Gasteiger partial charge in [-0.3, -0.25) is 0 Å². The number of halogens is 2. The van der Waals surface area contributed by atoms with E-state index in [2.05, 4.69) is 18.2 Å². The van der Waals surface area contributed by atoms with Crippen molar-refractivity contribution in [3.8, 4) is 16.3 Å². The van der Waals surface area contributed by atoms with Crippen LogP contribution in [0.4, 0.5) is 10.8 Å². The van der Waals surface area contributed by atoms with E-state index in [9.17, 15) is 13.2 Å². The van der Waals surface area contributed by atoms with E-state index >= 15 is 0 Å². The van der Waals surface area contributed by atoms with Crippen LogP contribution in [0.1, 0.15) is 38.3 Å². The molecule has 1 aromatic carbocycles. The molecule has 9 nitrogen and oxygen atoms in total. The van der Waals surface area contributed by atoms with E-state index in [1.165, 1.54) is 18.4 Å². The monoisotopic (exact) mass is 691 g/mol. The molecule has 0 amide bonds. The molecule has 0 bridgehead atoms. The van der Waals surface area contributed by atoms with Crippen LogP contribution in [0.25, 0.3) is 10.4 Å². The van der Waals surface area contributed by atoms with Gasteiger partial charge < -0.3 is 0 Å². The number of nitrogens with one attached hydrogen (secondary N) is 2. The number of aryl methyl sites for hydroxylation is 1. The number of hydrogen-bond acceptors (Lipinski definition) is 9. The molecule has 38 heavy (non-hydrogen) atoms. The van der Waals surface area contributed by atoms with Crippen LogP contribution >= 0.6 is 22.9 Å². The number of hydrogen-bond donors (Lipinski definition) is 2. The van der Waals surface area contributed by atoms with Crippen LogP contribution in [0.15, 0.2) is 41.4 Å². The first kappa shape index (κ1) is 28.8. The topological polar surface area (TPSA) is 120 Å². The number of methoxy groups -OCH3 is 1. The Morgan fingerprint density at radius 2 is 1.97 bits per heavy atom. The van der Waals surface area contributed by atoms with Crippen molar-refractivity contribution >= 4 is 49.7 Å². The fourth-order valence-corrected chi connectivity index (χ4v) is 9.23. The summed E-state index contributed by atoms with van der Waals surface area (Å²) in [6.07, 6.45) is 5.32. The van der Waals surface area contributed by atoms with Crippen LogP contribution in [0.2, 0.25) is 5.02 Å². The predicted octanol–water partition coefficient (Wildman–Crippen LogP) is 2.51. The second kappa shape index (κ2) is 12.8. The molecular weight excluding hydrogens is 663 g/mol. The summed E-state index contributed by atoms with van der Waals surface area (Å²) < 4.78 is 43.5. The first-order chi connectivity index (χ1) is 18.2. The summed E-state index contributed by atoms with van der Waals surface area (Å²) in [6.45, 7) is 4.15. The number of para-hydroxylation sites is 1. The number of thiazole rings is 1. The van der Waals surface area contributed by atoms with Gasteiger partial charge in [0.25, 0.3) is 0 Å². The molecule has 0 radical (unpaired) electrons. The van der Waals surface area contributed by atoms with Crippen molar-refractivity contribution in [3.63, 3.8) is 0 Å². The molecule has 4 rings (SSSR count). The maximum absolute atomic E-state index is 13.2. The van der Waals surface area contributed by atoms with Gasteiger partial charge in [0.2, 0.25) is 0 Å². The molecule has 2 heterocycles. The molecule has 0 unspecified atom stereocenters. The van der Waals surface area contributed by atoms with Crippen LogP contribution < -0.4 is 34.5 Å². The number of carbonyl (C=O) groups is 1. The standard InChI is InChI=1S/C25H29ClIN4O5S2/c1-4-36-24(32)16-9-11-18(12-10-16)27-30-25-29-15(2)22(37-25)17-13-21(23(35-3)28-14-17)38(33,34)31-20-8-6-5-7-19(20)26/h5-8,13-14,16,18,31H,4,9-12H2,1-3H3,(H,29,30)/q-1. The molecule has 1 aliphatic carbocycles. The van der Waals surface area contributed by atoms with Crippen LogP contribution in [0, 0.1) is 12.8 Å². The Balaban J connectivity index is 1.47. The van der Waals surface area contributed by atoms with Crippen LogP contribution in [-0.4, -0.2) is 42.0 Å². The van der Waals surface area contributed by atoms with Crippen molar-refractivity contribution < 1.29 is 44.2 Å². The van der Waals surface area contributed by atoms with Crippen molar-refractivity contribution in [1.82, 2.24) is 9.97 Å². The van der Waals surface area contributed by atoms with Gasteiger partial charge in [0.1, 0.15) is 0 Å². The number of pyridine rings is 1. The summed E-state index contributed by atoms with van der Waals surface area (Å²) in [4.78, 5) is 21.7. The third kappa shape index (κ3) is 6.88. The Hall–Kier alpha value is -2.16. The quantitative estimate of drug-likeness (QED) is 0.144. The van der Waals surface area contributed by atoms with Crippen molar-refractivity contribution in [2.24, 2.45) is 5.92 Å². The number of anilines is 2. The Morgan fingerprint density at radius 3 is 2.66 bits per heavy atom. The SMILES string of the molecule is CCOC(=O)C1CCC([I-]Nc2nc(C)c(-c3cnc(OC)c(S(=O)(=O)Nc4ccccc4Cl)c3)s2)CC1. The van der Waals surface area contributed by atoms with Crippen molar-refractivity contribution in [2.75, 3.05) is 22.0 Å². The van der Waals surface area contributed by atoms with E-state index < -0.39 is 10.0 Å². The zero-order valence-corrected chi connectivity index (χ0v) is 25.7. The zero-order chi connectivity index (χ0) is 27.3. The van der Waals surface area contributed by atoms with E-state index in [1.807, 2.05) is 13.8 Å². The van der Waals surface area contributed by atoms with Crippen molar-refractivity contribution in [1.29, 1.82) is 0 Å². The van der Waals surface area contributed by atoms with E-state index in [4.69, 9.17) is 21.1 Å². The Morgan fingerprint density at radius 1 is 1.24 bits per heavy atom. The Bertz CT molecular complexity index is 1390. The second-order valence-electron chi connectivity index (χ2n) is 8.65. The van der Waals surface area contributed by atoms with E-state index in [1.54, 1.807) is 36.5 Å². The molecule has 0 aliphatic heterocycles. The van der Waals surface area contributed by atoms with Crippen molar-refractivity contribution in [2.45, 2.75) is 48.4 Å². The minimum atomic E-state index is -4.04. The number of esters is 1. The molecule has 0 atom stereocenters. The van der Waals surface area contributed by atoms with E-state index in [0.717, 1.165) is 41.4 Å². The summed E-state index contributed by atoms with van der Waals surface area (Å²) in [6, 6.07) is 8.15.